The Balaban J connectivity index is 1.92. The second kappa shape index (κ2) is 7.66. The fourth-order valence-electron chi connectivity index (χ4n) is 2.31. The fourth-order valence-corrected chi connectivity index (χ4v) is 4.93. The van der Waals surface area contributed by atoms with Gasteiger partial charge in [-0.25, -0.2) is 13.1 Å². The Kier molecular flexibility index (Phi) is 6.15. The van der Waals surface area contributed by atoms with Gasteiger partial charge < -0.3 is 10.5 Å². The summed E-state index contributed by atoms with van der Waals surface area (Å²) in [7, 11) is -3.44. The molecule has 1 aliphatic rings. The topological polar surface area (TPSA) is 84.7 Å². The van der Waals surface area contributed by atoms with Crippen LogP contribution in [0.3, 0.4) is 0 Å². The molecule has 1 saturated heterocycles. The van der Waals surface area contributed by atoms with Gasteiger partial charge in [0.05, 0.1) is 13.2 Å². The van der Waals surface area contributed by atoms with Crippen molar-refractivity contribution in [1.82, 2.24) is 9.62 Å². The van der Waals surface area contributed by atoms with E-state index in [4.69, 9.17) is 10.5 Å². The summed E-state index contributed by atoms with van der Waals surface area (Å²) >= 11 is 1.29. The lowest BCUT2D eigenvalue weighted by Gasteiger charge is -2.29. The lowest BCUT2D eigenvalue weighted by Crippen LogP contribution is -2.45. The number of sulfonamides is 1. The van der Waals surface area contributed by atoms with Crippen molar-refractivity contribution in [1.29, 1.82) is 0 Å². The van der Waals surface area contributed by atoms with Gasteiger partial charge in [-0.05, 0) is 32.0 Å². The van der Waals surface area contributed by atoms with Crippen molar-refractivity contribution in [2.75, 3.05) is 39.4 Å². The summed E-state index contributed by atoms with van der Waals surface area (Å²) in [4.78, 5) is 3.21. The molecule has 0 aromatic carbocycles. The van der Waals surface area contributed by atoms with Gasteiger partial charge in [0.25, 0.3) is 0 Å². The van der Waals surface area contributed by atoms with Crippen LogP contribution in [0.5, 0.6) is 0 Å². The predicted octanol–water partition coefficient (Wildman–Crippen LogP) is 0.248. The van der Waals surface area contributed by atoms with Crippen LogP contribution in [0, 0.1) is 0 Å². The molecule has 8 heteroatoms. The molecule has 3 N–H and O–H groups in total. The maximum atomic E-state index is 12.3. The fraction of sp³-hybridized carbons (Fsp3) is 0.692. The lowest BCUT2D eigenvalue weighted by atomic mass is 10.3. The van der Waals surface area contributed by atoms with Crippen LogP contribution in [-0.2, 0) is 21.2 Å². The number of nitrogens with zero attached hydrogens (tertiary/aromatic N) is 1. The molecular formula is C13H23N3O3S2. The Labute approximate surface area is 130 Å². The second-order valence-corrected chi connectivity index (χ2v) is 8.30. The number of hydrogen-bond donors (Lipinski definition) is 2. The third-order valence-electron chi connectivity index (χ3n) is 3.28. The molecule has 0 saturated carbocycles. The van der Waals surface area contributed by atoms with Crippen LogP contribution >= 0.6 is 11.3 Å². The third-order valence-corrected chi connectivity index (χ3v) is 6.51. The van der Waals surface area contributed by atoms with E-state index in [1.165, 1.54) is 11.3 Å². The number of morpholine rings is 1. The second-order valence-electron chi connectivity index (χ2n) is 5.19. The van der Waals surface area contributed by atoms with Gasteiger partial charge in [0.15, 0.2) is 0 Å². The first kappa shape index (κ1) is 16.9. The normalized spacial score (nSPS) is 18.8. The van der Waals surface area contributed by atoms with Crippen molar-refractivity contribution in [3.63, 3.8) is 0 Å². The Hall–Kier alpha value is -0.510. The van der Waals surface area contributed by atoms with Gasteiger partial charge in [-0.15, -0.1) is 11.3 Å². The van der Waals surface area contributed by atoms with Gasteiger partial charge >= 0.3 is 0 Å². The molecule has 0 amide bonds. The van der Waals surface area contributed by atoms with Crippen molar-refractivity contribution in [2.24, 2.45) is 5.73 Å². The molecule has 21 heavy (non-hydrogen) atoms. The van der Waals surface area contributed by atoms with Crippen molar-refractivity contribution < 1.29 is 13.2 Å². The summed E-state index contributed by atoms with van der Waals surface area (Å²) in [5.41, 5.74) is 5.49. The molecule has 1 aromatic heterocycles. The molecule has 6 nitrogen and oxygen atoms in total. The largest absolute Gasteiger partial charge is 0.379 e. The summed E-state index contributed by atoms with van der Waals surface area (Å²) in [5.74, 6) is 0. The Morgan fingerprint density at radius 3 is 2.81 bits per heavy atom. The maximum absolute atomic E-state index is 12.3. The van der Waals surface area contributed by atoms with Crippen LogP contribution in [-0.4, -0.2) is 58.8 Å². The smallest absolute Gasteiger partial charge is 0.250 e. The van der Waals surface area contributed by atoms with E-state index in [2.05, 4.69) is 9.62 Å². The lowest BCUT2D eigenvalue weighted by molar-refractivity contribution is 0.0354. The summed E-state index contributed by atoms with van der Waals surface area (Å²) in [6.45, 7) is 6.25. The molecule has 1 atom stereocenters. The number of ether oxygens (including phenoxy) is 1. The average molecular weight is 333 g/mol. The molecule has 0 spiro atoms. The van der Waals surface area contributed by atoms with Gasteiger partial charge in [-0.1, -0.05) is 0 Å². The number of thiophene rings is 1. The molecule has 1 aliphatic heterocycles. The van der Waals surface area contributed by atoms with Crippen LogP contribution in [0.4, 0.5) is 0 Å². The van der Waals surface area contributed by atoms with Gasteiger partial charge in [0, 0.05) is 30.6 Å². The average Bonchev–Trinajstić information content (AvgIpc) is 2.89. The first-order chi connectivity index (χ1) is 10.0. The van der Waals surface area contributed by atoms with Gasteiger partial charge in [0.2, 0.25) is 10.0 Å². The Bertz CT molecular complexity index is 539. The molecule has 0 bridgehead atoms. The highest BCUT2D eigenvalue weighted by atomic mass is 32.2. The number of hydrogen-bond acceptors (Lipinski definition) is 6. The van der Waals surface area contributed by atoms with Crippen molar-refractivity contribution in [3.05, 3.63) is 17.0 Å². The first-order valence-electron chi connectivity index (χ1n) is 7.12. The van der Waals surface area contributed by atoms with Gasteiger partial charge in [-0.2, -0.15) is 0 Å². The van der Waals surface area contributed by atoms with E-state index >= 15 is 0 Å². The minimum absolute atomic E-state index is 0.131. The molecule has 0 aliphatic carbocycles. The molecule has 2 rings (SSSR count). The van der Waals surface area contributed by atoms with Crippen molar-refractivity contribution >= 4 is 21.4 Å². The minimum Gasteiger partial charge on any atom is -0.379 e. The Morgan fingerprint density at radius 2 is 2.14 bits per heavy atom. The number of rotatable bonds is 7. The number of nitrogens with one attached hydrogen (secondary N) is 1. The van der Waals surface area contributed by atoms with Crippen LogP contribution in [0.15, 0.2) is 16.3 Å². The van der Waals surface area contributed by atoms with Crippen LogP contribution in [0.1, 0.15) is 11.8 Å². The van der Waals surface area contributed by atoms with Crippen molar-refractivity contribution in [2.45, 2.75) is 23.6 Å². The van der Waals surface area contributed by atoms with E-state index in [0.29, 0.717) is 36.9 Å². The Morgan fingerprint density at radius 1 is 1.43 bits per heavy atom. The summed E-state index contributed by atoms with van der Waals surface area (Å²) in [5, 5.41) is 0. The highest BCUT2D eigenvalue weighted by Crippen LogP contribution is 2.22. The molecule has 1 aromatic rings. The third kappa shape index (κ3) is 5.01. The first-order valence-corrected chi connectivity index (χ1v) is 9.42. The maximum Gasteiger partial charge on any atom is 0.250 e. The zero-order valence-electron chi connectivity index (χ0n) is 12.2. The van der Waals surface area contributed by atoms with E-state index in [0.717, 1.165) is 18.0 Å². The zero-order valence-corrected chi connectivity index (χ0v) is 13.9. The molecule has 1 unspecified atom stereocenters. The predicted molar refractivity (Wildman–Crippen MR) is 84.1 cm³/mol. The van der Waals surface area contributed by atoms with Crippen LogP contribution in [0.25, 0.3) is 0 Å². The SMILES string of the molecule is CC(CN1CCOCC1)NS(=O)(=O)c1ccc(CCN)s1. The van der Waals surface area contributed by atoms with E-state index in [1.54, 1.807) is 6.07 Å². The number of nitrogens with two attached hydrogens (primary N) is 1. The van der Waals surface area contributed by atoms with Crippen molar-refractivity contribution in [3.8, 4) is 0 Å². The summed E-state index contributed by atoms with van der Waals surface area (Å²) in [6.07, 6.45) is 0.712. The van der Waals surface area contributed by atoms with E-state index < -0.39 is 10.0 Å². The van der Waals surface area contributed by atoms with Crippen LogP contribution < -0.4 is 10.5 Å². The minimum atomic E-state index is -3.44. The quantitative estimate of drug-likeness (QED) is 0.747. The van der Waals surface area contributed by atoms with Gasteiger partial charge in [0.1, 0.15) is 4.21 Å². The summed E-state index contributed by atoms with van der Waals surface area (Å²) < 4.78 is 33.0. The molecule has 0 radical (unpaired) electrons. The zero-order chi connectivity index (χ0) is 15.3. The molecule has 2 heterocycles. The standard InChI is InChI=1S/C13H23N3O3S2/c1-11(10-16-6-8-19-9-7-16)15-21(17,18)13-3-2-12(20-13)4-5-14/h2-3,11,15H,4-10,14H2,1H3. The molecular weight excluding hydrogens is 310 g/mol. The van der Waals surface area contributed by atoms with E-state index in [1.807, 2.05) is 13.0 Å². The van der Waals surface area contributed by atoms with Crippen LogP contribution in [0.2, 0.25) is 0 Å². The molecule has 120 valence electrons. The highest BCUT2D eigenvalue weighted by Gasteiger charge is 2.21. The van der Waals surface area contributed by atoms with E-state index in [9.17, 15) is 8.42 Å². The van der Waals surface area contributed by atoms with E-state index in [-0.39, 0.29) is 6.04 Å². The van der Waals surface area contributed by atoms with Gasteiger partial charge in [-0.3, -0.25) is 4.90 Å². The highest BCUT2D eigenvalue weighted by molar-refractivity contribution is 7.91. The molecule has 1 fully saturated rings. The monoisotopic (exact) mass is 333 g/mol. The summed E-state index contributed by atoms with van der Waals surface area (Å²) in [6, 6.07) is 3.35.